The Bertz CT molecular complexity index is 777. The molecule has 2 saturated heterocycles. The maximum absolute atomic E-state index is 13.4. The molecule has 0 saturated carbocycles. The van der Waals surface area contributed by atoms with Crippen LogP contribution in [0.4, 0.5) is 0 Å². The Morgan fingerprint density at radius 1 is 1.19 bits per heavy atom. The van der Waals surface area contributed by atoms with Crippen molar-refractivity contribution in [2.24, 2.45) is 0 Å². The van der Waals surface area contributed by atoms with Crippen LogP contribution in [0.15, 0.2) is 30.3 Å². The zero-order valence-electron chi connectivity index (χ0n) is 16.2. The summed E-state index contributed by atoms with van der Waals surface area (Å²) in [6.07, 6.45) is 5.23. The van der Waals surface area contributed by atoms with Gasteiger partial charge < -0.3 is 9.80 Å². The van der Waals surface area contributed by atoms with Crippen LogP contribution in [0.2, 0.25) is 0 Å². The summed E-state index contributed by atoms with van der Waals surface area (Å²) in [6, 6.07) is 11.5. The largest absolute Gasteiger partial charge is 0.333 e. The second-order valence-corrected chi connectivity index (χ2v) is 8.50. The first kappa shape index (κ1) is 18.6. The molecule has 1 amide bonds. The normalized spacial score (nSPS) is 26.4. The maximum Gasteiger partial charge on any atom is 0.267 e. The molecule has 2 aromatic rings. The van der Waals surface area contributed by atoms with Crippen LogP contribution in [0.25, 0.3) is 0 Å². The molecule has 3 atom stereocenters. The van der Waals surface area contributed by atoms with E-state index < -0.39 is 0 Å². The van der Waals surface area contributed by atoms with Gasteiger partial charge in [0.25, 0.3) is 5.91 Å². The minimum atomic E-state index is 0.138. The first-order valence-electron chi connectivity index (χ1n) is 10.1. The highest BCUT2D eigenvalue weighted by molar-refractivity contribution is 7.08. The average molecular weight is 385 g/mol. The molecule has 0 aliphatic carbocycles. The Morgan fingerprint density at radius 2 is 2.00 bits per heavy atom. The molecule has 27 heavy (non-hydrogen) atoms. The monoisotopic (exact) mass is 384 g/mol. The number of carbonyl (C=O) groups is 1. The summed E-state index contributed by atoms with van der Waals surface area (Å²) in [5, 5.41) is 4.16. The lowest BCUT2D eigenvalue weighted by Crippen LogP contribution is -2.58. The van der Waals surface area contributed by atoms with Crippen LogP contribution in [0, 0.1) is 0 Å². The zero-order valence-corrected chi connectivity index (χ0v) is 17.0. The van der Waals surface area contributed by atoms with Crippen molar-refractivity contribution in [1.82, 2.24) is 19.4 Å². The Labute approximate surface area is 165 Å². The molecule has 0 radical (unpaired) electrons. The van der Waals surface area contributed by atoms with Crippen molar-refractivity contribution >= 4 is 17.4 Å². The van der Waals surface area contributed by atoms with Crippen LogP contribution >= 0.6 is 11.5 Å². The number of nitrogens with zero attached hydrogens (tertiary/aromatic N) is 4. The maximum atomic E-state index is 13.4. The molecule has 4 rings (SSSR count). The van der Waals surface area contributed by atoms with Gasteiger partial charge in [-0.1, -0.05) is 48.2 Å². The van der Waals surface area contributed by atoms with Crippen molar-refractivity contribution in [2.45, 2.75) is 57.0 Å². The molecule has 2 fully saturated rings. The van der Waals surface area contributed by atoms with Gasteiger partial charge in [0.2, 0.25) is 0 Å². The third-order valence-corrected chi connectivity index (χ3v) is 6.99. The van der Waals surface area contributed by atoms with E-state index in [2.05, 4.69) is 56.8 Å². The van der Waals surface area contributed by atoms with Crippen LogP contribution in [-0.2, 0) is 6.42 Å². The Hall–Kier alpha value is -1.79. The number of aromatic nitrogens is 2. The number of rotatable bonds is 3. The van der Waals surface area contributed by atoms with Crippen LogP contribution in [-0.4, -0.2) is 57.5 Å². The van der Waals surface area contributed by atoms with Gasteiger partial charge in [-0.2, -0.15) is 0 Å². The summed E-state index contributed by atoms with van der Waals surface area (Å²) in [4.78, 5) is 18.8. The SMILES string of the molecule is CCc1nnsc1C(=O)N1CC[C@H](c2ccccc2)[C@@H]2[C@H]1CCCCN2C. The van der Waals surface area contributed by atoms with Gasteiger partial charge in [0.1, 0.15) is 4.88 Å². The van der Waals surface area contributed by atoms with Crippen LogP contribution in [0.3, 0.4) is 0 Å². The second-order valence-electron chi connectivity index (χ2n) is 7.74. The molecule has 2 aliphatic rings. The summed E-state index contributed by atoms with van der Waals surface area (Å²) >= 11 is 1.25. The number of likely N-dealkylation sites (tertiary alicyclic amines) is 2. The number of hydrogen-bond acceptors (Lipinski definition) is 5. The minimum Gasteiger partial charge on any atom is -0.333 e. The Balaban J connectivity index is 1.67. The molecule has 0 spiro atoms. The predicted octanol–water partition coefficient (Wildman–Crippen LogP) is 3.58. The van der Waals surface area contributed by atoms with Crippen molar-refractivity contribution in [3.63, 3.8) is 0 Å². The smallest absolute Gasteiger partial charge is 0.267 e. The molecule has 0 bridgehead atoms. The van der Waals surface area contributed by atoms with E-state index in [4.69, 9.17) is 0 Å². The van der Waals surface area contributed by atoms with Crippen molar-refractivity contribution < 1.29 is 4.79 Å². The van der Waals surface area contributed by atoms with Gasteiger partial charge in [-0.3, -0.25) is 4.79 Å². The minimum absolute atomic E-state index is 0.138. The number of likely N-dealkylation sites (N-methyl/N-ethyl adjacent to an activating group) is 1. The zero-order chi connectivity index (χ0) is 18.8. The molecule has 0 unspecified atom stereocenters. The first-order chi connectivity index (χ1) is 13.2. The topological polar surface area (TPSA) is 49.3 Å². The highest BCUT2D eigenvalue weighted by atomic mass is 32.1. The molecule has 1 aromatic carbocycles. The fourth-order valence-electron chi connectivity index (χ4n) is 4.91. The Morgan fingerprint density at radius 3 is 2.78 bits per heavy atom. The second kappa shape index (κ2) is 8.07. The van der Waals surface area contributed by atoms with Gasteiger partial charge in [0, 0.05) is 24.5 Å². The Kier molecular flexibility index (Phi) is 5.55. The number of fused-ring (bicyclic) bond motifs is 1. The molecule has 6 heteroatoms. The third kappa shape index (κ3) is 3.52. The molecule has 144 valence electrons. The van der Waals surface area contributed by atoms with Gasteiger partial charge in [-0.05, 0) is 56.4 Å². The lowest BCUT2D eigenvalue weighted by molar-refractivity contribution is 0.0321. The number of benzene rings is 1. The molecule has 5 nitrogen and oxygen atoms in total. The highest BCUT2D eigenvalue weighted by Crippen LogP contribution is 2.39. The van der Waals surface area contributed by atoms with E-state index in [1.807, 2.05) is 6.92 Å². The van der Waals surface area contributed by atoms with Crippen LogP contribution < -0.4 is 0 Å². The first-order valence-corrected chi connectivity index (χ1v) is 10.9. The summed E-state index contributed by atoms with van der Waals surface area (Å²) in [6.45, 7) is 3.96. The number of piperidine rings is 1. The number of carbonyl (C=O) groups excluding carboxylic acids is 1. The van der Waals surface area contributed by atoms with Gasteiger partial charge in [0.05, 0.1) is 5.69 Å². The molecular weight excluding hydrogens is 356 g/mol. The fraction of sp³-hybridized carbons (Fsp3) is 0.571. The van der Waals surface area contributed by atoms with E-state index in [1.165, 1.54) is 29.9 Å². The molecular formula is C21H28N4OS. The van der Waals surface area contributed by atoms with Crippen LogP contribution in [0.1, 0.15) is 59.5 Å². The number of amides is 1. The van der Waals surface area contributed by atoms with E-state index in [0.717, 1.165) is 42.9 Å². The van der Waals surface area contributed by atoms with E-state index in [-0.39, 0.29) is 11.9 Å². The van der Waals surface area contributed by atoms with Crippen molar-refractivity contribution in [2.75, 3.05) is 20.1 Å². The molecule has 1 aromatic heterocycles. The van der Waals surface area contributed by atoms with Crippen LogP contribution in [0.5, 0.6) is 0 Å². The average Bonchev–Trinajstić information content (AvgIpc) is 3.11. The number of hydrogen-bond donors (Lipinski definition) is 0. The van der Waals surface area contributed by atoms with Gasteiger partial charge in [0.15, 0.2) is 0 Å². The van der Waals surface area contributed by atoms with E-state index in [9.17, 15) is 4.79 Å². The summed E-state index contributed by atoms with van der Waals surface area (Å²) in [5.41, 5.74) is 2.25. The lowest BCUT2D eigenvalue weighted by Gasteiger charge is -2.48. The molecule has 0 N–H and O–H groups in total. The number of aryl methyl sites for hydroxylation is 1. The molecule has 2 aliphatic heterocycles. The summed E-state index contributed by atoms with van der Waals surface area (Å²) in [5.74, 6) is 0.618. The van der Waals surface area contributed by atoms with Gasteiger partial charge >= 0.3 is 0 Å². The van der Waals surface area contributed by atoms with Crippen molar-refractivity contribution in [3.8, 4) is 0 Å². The van der Waals surface area contributed by atoms with Crippen molar-refractivity contribution in [3.05, 3.63) is 46.5 Å². The fourth-order valence-corrected chi connectivity index (χ4v) is 5.61. The standard InChI is InChI=1S/C21H28N4OS/c1-3-17-20(27-23-22-17)21(26)25-14-12-16(15-9-5-4-6-10-15)19-18(25)11-7-8-13-24(19)2/h4-6,9-10,16,18-19H,3,7-8,11-14H2,1-2H3/t16-,18-,19-/m1/s1. The van der Waals surface area contributed by atoms with E-state index >= 15 is 0 Å². The van der Waals surface area contributed by atoms with Gasteiger partial charge in [-0.15, -0.1) is 5.10 Å². The third-order valence-electron chi connectivity index (χ3n) is 6.23. The lowest BCUT2D eigenvalue weighted by atomic mass is 9.79. The quantitative estimate of drug-likeness (QED) is 0.812. The molecule has 3 heterocycles. The van der Waals surface area contributed by atoms with E-state index in [0.29, 0.717) is 12.0 Å². The summed E-state index contributed by atoms with van der Waals surface area (Å²) in [7, 11) is 2.23. The van der Waals surface area contributed by atoms with Gasteiger partial charge in [-0.25, -0.2) is 0 Å². The predicted molar refractivity (Wildman–Crippen MR) is 108 cm³/mol. The van der Waals surface area contributed by atoms with E-state index in [1.54, 1.807) is 0 Å². The summed E-state index contributed by atoms with van der Waals surface area (Å²) < 4.78 is 4.04. The highest BCUT2D eigenvalue weighted by Gasteiger charge is 2.44. The van der Waals surface area contributed by atoms with Crippen molar-refractivity contribution in [1.29, 1.82) is 0 Å².